The van der Waals surface area contributed by atoms with Gasteiger partial charge in [-0.15, -0.1) is 0 Å². The van der Waals surface area contributed by atoms with Crippen LogP contribution in [0.1, 0.15) is 25.3 Å². The second-order valence-corrected chi connectivity index (χ2v) is 4.52. The molecule has 1 rings (SSSR count). The molecule has 0 saturated heterocycles. The Hall–Kier alpha value is -0.860. The fourth-order valence-electron chi connectivity index (χ4n) is 1.84. The summed E-state index contributed by atoms with van der Waals surface area (Å²) in [5.41, 5.74) is 6.76. The minimum Gasteiger partial charge on any atom is -0.396 e. The summed E-state index contributed by atoms with van der Waals surface area (Å²) in [4.78, 5) is 0. The van der Waals surface area contributed by atoms with E-state index in [1.807, 2.05) is 18.2 Å². The molecule has 3 N–H and O–H groups in total. The van der Waals surface area contributed by atoms with Gasteiger partial charge in [0.1, 0.15) is 0 Å². The molecule has 0 spiro atoms. The molecule has 0 aromatic heterocycles. The van der Waals surface area contributed by atoms with Crippen LogP contribution in [0.25, 0.3) is 0 Å². The van der Waals surface area contributed by atoms with Gasteiger partial charge in [0.25, 0.3) is 0 Å². The molecule has 1 atom stereocenters. The van der Waals surface area contributed by atoms with Crippen molar-refractivity contribution in [1.29, 1.82) is 0 Å². The average Bonchev–Trinajstić information content (AvgIpc) is 2.28. The van der Waals surface area contributed by atoms with E-state index < -0.39 is 0 Å². The first kappa shape index (κ1) is 12.2. The molecule has 1 aromatic carbocycles. The normalized spacial score (nSPS) is 14.9. The Bertz CT molecular complexity index is 273. The van der Waals surface area contributed by atoms with Gasteiger partial charge in [-0.25, -0.2) is 0 Å². The summed E-state index contributed by atoms with van der Waals surface area (Å²) < 4.78 is 0. The molecule has 15 heavy (non-hydrogen) atoms. The van der Waals surface area contributed by atoms with Gasteiger partial charge in [-0.3, -0.25) is 0 Å². The van der Waals surface area contributed by atoms with Gasteiger partial charge in [0.15, 0.2) is 0 Å². The predicted molar refractivity (Wildman–Crippen MR) is 63.6 cm³/mol. The first-order chi connectivity index (χ1) is 7.20. The molecule has 0 saturated carbocycles. The van der Waals surface area contributed by atoms with Crippen LogP contribution in [0.4, 0.5) is 0 Å². The number of aliphatic hydroxyl groups is 1. The van der Waals surface area contributed by atoms with E-state index in [0.29, 0.717) is 6.54 Å². The predicted octanol–water partition coefficient (Wildman–Crippen LogP) is 1.97. The first-order valence-corrected chi connectivity index (χ1v) is 5.55. The fourth-order valence-corrected chi connectivity index (χ4v) is 1.84. The molecule has 0 radical (unpaired) electrons. The third-order valence-electron chi connectivity index (χ3n) is 2.84. The van der Waals surface area contributed by atoms with Crippen molar-refractivity contribution in [3.05, 3.63) is 35.9 Å². The van der Waals surface area contributed by atoms with Crippen molar-refractivity contribution < 1.29 is 5.11 Å². The molecule has 0 fully saturated rings. The summed E-state index contributed by atoms with van der Waals surface area (Å²) in [5.74, 6) is 0. The van der Waals surface area contributed by atoms with Crippen LogP contribution in [0.15, 0.2) is 30.3 Å². The zero-order valence-corrected chi connectivity index (χ0v) is 9.45. The molecule has 2 heteroatoms. The maximum Gasteiger partial charge on any atom is 0.0487 e. The number of aliphatic hydroxyl groups excluding tert-OH is 1. The smallest absolute Gasteiger partial charge is 0.0487 e. The van der Waals surface area contributed by atoms with Gasteiger partial charge in [0, 0.05) is 6.61 Å². The largest absolute Gasteiger partial charge is 0.396 e. The Kier molecular flexibility index (Phi) is 4.79. The summed E-state index contributed by atoms with van der Waals surface area (Å²) in [6.45, 7) is 3.04. The van der Waals surface area contributed by atoms with Crippen LogP contribution < -0.4 is 5.73 Å². The number of hydrogen-bond donors (Lipinski definition) is 2. The van der Waals surface area contributed by atoms with Crippen LogP contribution in [-0.4, -0.2) is 18.3 Å². The molecule has 2 nitrogen and oxygen atoms in total. The Morgan fingerprint density at radius 3 is 2.47 bits per heavy atom. The lowest BCUT2D eigenvalue weighted by Crippen LogP contribution is -2.25. The molecular formula is C13H21NO. The summed E-state index contributed by atoms with van der Waals surface area (Å²) in [6, 6.07) is 10.3. The molecule has 0 aliphatic rings. The number of rotatable bonds is 6. The summed E-state index contributed by atoms with van der Waals surface area (Å²) in [7, 11) is 0. The summed E-state index contributed by atoms with van der Waals surface area (Å²) in [5, 5.41) is 9.43. The zero-order chi connectivity index (χ0) is 11.1. The van der Waals surface area contributed by atoms with E-state index in [4.69, 9.17) is 5.73 Å². The van der Waals surface area contributed by atoms with Gasteiger partial charge < -0.3 is 10.8 Å². The van der Waals surface area contributed by atoms with Crippen LogP contribution >= 0.6 is 0 Å². The third-order valence-corrected chi connectivity index (χ3v) is 2.84. The topological polar surface area (TPSA) is 46.2 Å². The van der Waals surface area contributed by atoms with Crippen molar-refractivity contribution in [2.24, 2.45) is 11.1 Å². The molecule has 0 bridgehead atoms. The minimum atomic E-state index is -0.0271. The van der Waals surface area contributed by atoms with E-state index in [0.717, 1.165) is 19.3 Å². The Morgan fingerprint density at radius 1 is 1.27 bits per heavy atom. The van der Waals surface area contributed by atoms with Gasteiger partial charge in [-0.05, 0) is 36.8 Å². The van der Waals surface area contributed by atoms with Crippen LogP contribution in [0.2, 0.25) is 0 Å². The van der Waals surface area contributed by atoms with Crippen molar-refractivity contribution in [3.63, 3.8) is 0 Å². The Labute approximate surface area is 92.1 Å². The highest BCUT2D eigenvalue weighted by molar-refractivity contribution is 5.16. The molecule has 0 aliphatic carbocycles. The average molecular weight is 207 g/mol. The van der Waals surface area contributed by atoms with Crippen molar-refractivity contribution >= 4 is 0 Å². The van der Waals surface area contributed by atoms with E-state index in [2.05, 4.69) is 19.1 Å². The van der Waals surface area contributed by atoms with Crippen molar-refractivity contribution in [2.45, 2.75) is 26.2 Å². The monoisotopic (exact) mass is 207 g/mol. The van der Waals surface area contributed by atoms with Gasteiger partial charge in [-0.1, -0.05) is 37.3 Å². The molecule has 1 aromatic rings. The van der Waals surface area contributed by atoms with Crippen molar-refractivity contribution in [2.75, 3.05) is 13.2 Å². The molecular weight excluding hydrogens is 186 g/mol. The first-order valence-electron chi connectivity index (χ1n) is 5.55. The Balaban J connectivity index is 2.59. The highest BCUT2D eigenvalue weighted by Gasteiger charge is 2.22. The zero-order valence-electron chi connectivity index (χ0n) is 9.45. The van der Waals surface area contributed by atoms with Crippen molar-refractivity contribution in [1.82, 2.24) is 0 Å². The molecule has 0 amide bonds. The molecule has 1 unspecified atom stereocenters. The molecule has 0 aliphatic heterocycles. The second kappa shape index (κ2) is 5.89. The van der Waals surface area contributed by atoms with E-state index in [-0.39, 0.29) is 12.0 Å². The van der Waals surface area contributed by atoms with Gasteiger partial charge in [0.05, 0.1) is 0 Å². The highest BCUT2D eigenvalue weighted by Crippen LogP contribution is 2.27. The Morgan fingerprint density at radius 2 is 1.93 bits per heavy atom. The fraction of sp³-hybridized carbons (Fsp3) is 0.538. The number of benzene rings is 1. The number of hydrogen-bond acceptors (Lipinski definition) is 2. The van der Waals surface area contributed by atoms with Crippen LogP contribution in [0, 0.1) is 5.41 Å². The lowest BCUT2D eigenvalue weighted by atomic mass is 9.80. The summed E-state index contributed by atoms with van der Waals surface area (Å²) >= 11 is 0. The van der Waals surface area contributed by atoms with Crippen molar-refractivity contribution in [3.8, 4) is 0 Å². The number of nitrogens with two attached hydrogens (primary N) is 1. The standard InChI is InChI=1S/C13H21NO/c1-13(11-15,8-5-9-14)10-12-6-3-2-4-7-12/h2-4,6-7,15H,5,8-11,14H2,1H3. The van der Waals surface area contributed by atoms with E-state index in [9.17, 15) is 5.11 Å². The third kappa shape index (κ3) is 4.02. The lowest BCUT2D eigenvalue weighted by molar-refractivity contribution is 0.130. The lowest BCUT2D eigenvalue weighted by Gasteiger charge is -2.27. The van der Waals surface area contributed by atoms with Crippen LogP contribution in [0.5, 0.6) is 0 Å². The van der Waals surface area contributed by atoms with E-state index in [1.54, 1.807) is 0 Å². The van der Waals surface area contributed by atoms with E-state index in [1.165, 1.54) is 5.56 Å². The minimum absolute atomic E-state index is 0.0271. The van der Waals surface area contributed by atoms with Gasteiger partial charge in [0.2, 0.25) is 0 Å². The maximum atomic E-state index is 9.43. The van der Waals surface area contributed by atoms with E-state index >= 15 is 0 Å². The van der Waals surface area contributed by atoms with Crippen LogP contribution in [-0.2, 0) is 6.42 Å². The quantitative estimate of drug-likeness (QED) is 0.749. The SMILES string of the molecule is CC(CO)(CCCN)Cc1ccccc1. The maximum absolute atomic E-state index is 9.43. The highest BCUT2D eigenvalue weighted by atomic mass is 16.3. The van der Waals surface area contributed by atoms with Gasteiger partial charge >= 0.3 is 0 Å². The molecule has 0 heterocycles. The van der Waals surface area contributed by atoms with Crippen LogP contribution in [0.3, 0.4) is 0 Å². The molecule has 84 valence electrons. The second-order valence-electron chi connectivity index (χ2n) is 4.52. The summed E-state index contributed by atoms with van der Waals surface area (Å²) in [6.07, 6.45) is 2.88. The van der Waals surface area contributed by atoms with Gasteiger partial charge in [-0.2, -0.15) is 0 Å².